The molecular formula is C20H24FN3O4S. The van der Waals surface area contributed by atoms with E-state index in [0.29, 0.717) is 31.7 Å². The third kappa shape index (κ3) is 4.35. The second-order valence-electron chi connectivity index (χ2n) is 6.91. The Morgan fingerprint density at radius 3 is 2.21 bits per heavy atom. The van der Waals surface area contributed by atoms with Gasteiger partial charge in [-0.1, -0.05) is 0 Å². The van der Waals surface area contributed by atoms with Gasteiger partial charge in [0.1, 0.15) is 16.5 Å². The second-order valence-corrected chi connectivity index (χ2v) is 9.03. The van der Waals surface area contributed by atoms with Crippen LogP contribution in [0.25, 0.3) is 0 Å². The number of piperazine rings is 1. The number of carbonyl (C=O) groups excluding carboxylic acids is 1. The first-order valence-electron chi connectivity index (χ1n) is 9.14. The summed E-state index contributed by atoms with van der Waals surface area (Å²) in [5.41, 5.74) is 1.20. The Hall–Kier alpha value is -2.65. The molecule has 7 nitrogen and oxygen atoms in total. The molecule has 1 fully saturated rings. The molecule has 0 atom stereocenters. The van der Waals surface area contributed by atoms with Crippen LogP contribution in [-0.2, 0) is 10.0 Å². The Morgan fingerprint density at radius 1 is 1.03 bits per heavy atom. The lowest BCUT2D eigenvalue weighted by atomic mass is 10.1. The molecule has 0 saturated carbocycles. The summed E-state index contributed by atoms with van der Waals surface area (Å²) in [6.07, 6.45) is 0. The maximum Gasteiger partial charge on any atom is 0.254 e. The van der Waals surface area contributed by atoms with Crippen LogP contribution in [0.1, 0.15) is 10.4 Å². The largest absolute Gasteiger partial charge is 0.495 e. The van der Waals surface area contributed by atoms with Gasteiger partial charge in [0.15, 0.2) is 0 Å². The van der Waals surface area contributed by atoms with Crippen LogP contribution >= 0.6 is 0 Å². The molecule has 1 saturated heterocycles. The molecule has 1 amide bonds. The highest BCUT2D eigenvalue weighted by molar-refractivity contribution is 7.89. The lowest BCUT2D eigenvalue weighted by molar-refractivity contribution is 0.0746. The van der Waals surface area contributed by atoms with Crippen LogP contribution in [0.4, 0.5) is 10.1 Å². The van der Waals surface area contributed by atoms with E-state index in [1.54, 1.807) is 23.1 Å². The highest BCUT2D eigenvalue weighted by Crippen LogP contribution is 2.27. The number of ether oxygens (including phenoxy) is 1. The SMILES string of the molecule is COc1ccc(C(=O)N2CCN(c3ccc(F)cc3)CC2)cc1S(=O)(=O)N(C)C. The van der Waals surface area contributed by atoms with Crippen molar-refractivity contribution in [3.8, 4) is 5.75 Å². The van der Waals surface area contributed by atoms with Crippen LogP contribution in [0.15, 0.2) is 47.4 Å². The highest BCUT2D eigenvalue weighted by Gasteiger charge is 2.27. The van der Waals surface area contributed by atoms with E-state index in [2.05, 4.69) is 4.90 Å². The molecule has 3 rings (SSSR count). The van der Waals surface area contributed by atoms with Gasteiger partial charge < -0.3 is 14.5 Å². The zero-order valence-corrected chi connectivity index (χ0v) is 17.4. The van der Waals surface area contributed by atoms with Gasteiger partial charge in [-0.25, -0.2) is 17.1 Å². The molecule has 0 radical (unpaired) electrons. The lowest BCUT2D eigenvalue weighted by Crippen LogP contribution is -2.48. The summed E-state index contributed by atoms with van der Waals surface area (Å²) in [6.45, 7) is 2.18. The Kier molecular flexibility index (Phi) is 6.09. The molecule has 9 heteroatoms. The van der Waals surface area contributed by atoms with Gasteiger partial charge in [-0.3, -0.25) is 4.79 Å². The fraction of sp³-hybridized carbons (Fsp3) is 0.350. The van der Waals surface area contributed by atoms with E-state index in [1.165, 1.54) is 45.5 Å². The molecule has 156 valence electrons. The third-order valence-electron chi connectivity index (χ3n) is 4.93. The predicted molar refractivity (Wildman–Crippen MR) is 108 cm³/mol. The van der Waals surface area contributed by atoms with Crippen molar-refractivity contribution in [2.24, 2.45) is 0 Å². The molecule has 1 heterocycles. The minimum atomic E-state index is -3.76. The van der Waals surface area contributed by atoms with Gasteiger partial charge in [0.25, 0.3) is 5.91 Å². The van der Waals surface area contributed by atoms with Crippen molar-refractivity contribution in [2.45, 2.75) is 4.90 Å². The van der Waals surface area contributed by atoms with E-state index >= 15 is 0 Å². The van der Waals surface area contributed by atoms with Crippen molar-refractivity contribution >= 4 is 21.6 Å². The zero-order valence-electron chi connectivity index (χ0n) is 16.6. The third-order valence-corrected chi connectivity index (χ3v) is 6.76. The fourth-order valence-corrected chi connectivity index (χ4v) is 4.29. The zero-order chi connectivity index (χ0) is 21.2. The molecule has 29 heavy (non-hydrogen) atoms. The molecule has 2 aromatic carbocycles. The van der Waals surface area contributed by atoms with Crippen LogP contribution in [0.3, 0.4) is 0 Å². The van der Waals surface area contributed by atoms with Gasteiger partial charge >= 0.3 is 0 Å². The van der Waals surface area contributed by atoms with Crippen molar-refractivity contribution in [1.82, 2.24) is 9.21 Å². The maximum absolute atomic E-state index is 13.1. The normalized spacial score (nSPS) is 14.9. The first-order valence-corrected chi connectivity index (χ1v) is 10.6. The molecule has 0 spiro atoms. The Balaban J connectivity index is 1.77. The van der Waals surface area contributed by atoms with Crippen LogP contribution < -0.4 is 9.64 Å². The number of sulfonamides is 1. The number of nitrogens with zero attached hydrogens (tertiary/aromatic N) is 3. The van der Waals surface area contributed by atoms with E-state index in [-0.39, 0.29) is 22.4 Å². The molecule has 0 aliphatic carbocycles. The number of hydrogen-bond acceptors (Lipinski definition) is 5. The van der Waals surface area contributed by atoms with Gasteiger partial charge in [-0.2, -0.15) is 0 Å². The molecule has 0 bridgehead atoms. The van der Waals surface area contributed by atoms with Gasteiger partial charge in [0.05, 0.1) is 7.11 Å². The Morgan fingerprint density at radius 2 is 1.66 bits per heavy atom. The lowest BCUT2D eigenvalue weighted by Gasteiger charge is -2.36. The van der Waals surface area contributed by atoms with E-state index in [9.17, 15) is 17.6 Å². The number of benzene rings is 2. The summed E-state index contributed by atoms with van der Waals surface area (Å²) >= 11 is 0. The summed E-state index contributed by atoms with van der Waals surface area (Å²) in [5, 5.41) is 0. The van der Waals surface area contributed by atoms with Crippen LogP contribution in [0.2, 0.25) is 0 Å². The number of rotatable bonds is 5. The predicted octanol–water partition coefficient (Wildman–Crippen LogP) is 2.05. The number of amides is 1. The van der Waals surface area contributed by atoms with E-state index in [4.69, 9.17) is 4.74 Å². The van der Waals surface area contributed by atoms with Crippen molar-refractivity contribution in [1.29, 1.82) is 0 Å². The van der Waals surface area contributed by atoms with E-state index in [1.807, 2.05) is 0 Å². The second kappa shape index (κ2) is 8.38. The van der Waals surface area contributed by atoms with Crippen molar-refractivity contribution in [3.05, 3.63) is 53.8 Å². The quantitative estimate of drug-likeness (QED) is 0.739. The molecule has 0 N–H and O–H groups in total. The monoisotopic (exact) mass is 421 g/mol. The first kappa shape index (κ1) is 21.1. The van der Waals surface area contributed by atoms with Gasteiger partial charge in [-0.05, 0) is 42.5 Å². The highest BCUT2D eigenvalue weighted by atomic mass is 32.2. The Labute approximate surface area is 170 Å². The minimum Gasteiger partial charge on any atom is -0.495 e. The van der Waals surface area contributed by atoms with Gasteiger partial charge in [-0.15, -0.1) is 0 Å². The summed E-state index contributed by atoms with van der Waals surface area (Å²) in [7, 11) is 0.490. The molecular weight excluding hydrogens is 397 g/mol. The van der Waals surface area contributed by atoms with Crippen LogP contribution in [-0.4, -0.2) is 70.9 Å². The standard InChI is InChI=1S/C20H24FN3O4S/c1-22(2)29(26,27)19-14-15(4-9-18(19)28-3)20(25)24-12-10-23(11-13-24)17-7-5-16(21)6-8-17/h4-9,14H,10-13H2,1-3H3. The van der Waals surface area contributed by atoms with E-state index in [0.717, 1.165) is 9.99 Å². The average Bonchev–Trinajstić information content (AvgIpc) is 2.73. The summed E-state index contributed by atoms with van der Waals surface area (Å²) in [5.74, 6) is -0.330. The number of methoxy groups -OCH3 is 1. The fourth-order valence-electron chi connectivity index (χ4n) is 3.21. The number of anilines is 1. The summed E-state index contributed by atoms with van der Waals surface area (Å²) in [4.78, 5) is 16.7. The number of halogens is 1. The van der Waals surface area contributed by atoms with Crippen molar-refractivity contribution in [2.75, 3.05) is 52.3 Å². The van der Waals surface area contributed by atoms with Crippen LogP contribution in [0.5, 0.6) is 5.75 Å². The summed E-state index contributed by atoms with van der Waals surface area (Å²) in [6, 6.07) is 10.7. The van der Waals surface area contributed by atoms with Crippen molar-refractivity contribution < 1.29 is 22.3 Å². The van der Waals surface area contributed by atoms with Crippen molar-refractivity contribution in [3.63, 3.8) is 0 Å². The average molecular weight is 421 g/mol. The molecule has 0 unspecified atom stereocenters. The molecule has 1 aliphatic heterocycles. The minimum absolute atomic E-state index is 0.0409. The van der Waals surface area contributed by atoms with Gasteiger partial charge in [0.2, 0.25) is 10.0 Å². The molecule has 1 aliphatic rings. The first-order chi connectivity index (χ1) is 13.7. The topological polar surface area (TPSA) is 70.2 Å². The number of carbonyl (C=O) groups is 1. The van der Waals surface area contributed by atoms with Gasteiger partial charge in [0, 0.05) is 51.5 Å². The summed E-state index contributed by atoms with van der Waals surface area (Å²) < 4.78 is 44.5. The van der Waals surface area contributed by atoms with E-state index < -0.39 is 10.0 Å². The smallest absolute Gasteiger partial charge is 0.254 e. The maximum atomic E-state index is 13.1. The molecule has 0 aromatic heterocycles. The Bertz CT molecular complexity index is 985. The van der Waals surface area contributed by atoms with Crippen LogP contribution in [0, 0.1) is 5.82 Å². The molecule has 2 aromatic rings. The number of hydrogen-bond donors (Lipinski definition) is 0.